The van der Waals surface area contributed by atoms with Gasteiger partial charge in [-0.25, -0.2) is 10.0 Å². The van der Waals surface area contributed by atoms with Crippen molar-refractivity contribution in [1.29, 1.82) is 0 Å². The third-order valence-corrected chi connectivity index (χ3v) is 7.67. The maximum absolute atomic E-state index is 12.8. The van der Waals surface area contributed by atoms with E-state index in [9.17, 15) is 4.79 Å². The number of nitrogens with zero attached hydrogens (tertiary/aromatic N) is 1. The van der Waals surface area contributed by atoms with Gasteiger partial charge in [-0.2, -0.15) is 0 Å². The highest BCUT2D eigenvalue weighted by Crippen LogP contribution is 2.41. The van der Waals surface area contributed by atoms with Crippen LogP contribution in [0, 0.1) is 5.92 Å². The Balaban J connectivity index is 1.85. The van der Waals surface area contributed by atoms with Gasteiger partial charge in [0, 0.05) is 19.0 Å². The van der Waals surface area contributed by atoms with Crippen LogP contribution in [-0.2, 0) is 4.79 Å². The van der Waals surface area contributed by atoms with Gasteiger partial charge in [0.25, 0.3) is 0 Å². The fourth-order valence-electron chi connectivity index (χ4n) is 3.46. The first kappa shape index (κ1) is 16.2. The summed E-state index contributed by atoms with van der Waals surface area (Å²) in [6, 6.07) is 0. The third-order valence-electron chi connectivity index (χ3n) is 5.09. The van der Waals surface area contributed by atoms with E-state index in [2.05, 4.69) is 17.4 Å². The van der Waals surface area contributed by atoms with Crippen molar-refractivity contribution in [1.82, 2.24) is 4.90 Å². The number of amides is 1. The van der Waals surface area contributed by atoms with Crippen LogP contribution in [0.1, 0.15) is 57.8 Å². The minimum atomic E-state index is -0.397. The zero-order valence-corrected chi connectivity index (χ0v) is 14.3. The van der Waals surface area contributed by atoms with Crippen LogP contribution in [0.3, 0.4) is 0 Å². The second-order valence-electron chi connectivity index (χ2n) is 7.25. The molecule has 1 heterocycles. The first-order valence-electron chi connectivity index (χ1n) is 8.56. The maximum Gasteiger partial charge on any atom is 0.225 e. The topological polar surface area (TPSA) is 20.3 Å². The molecule has 0 aromatic heterocycles. The number of rotatable bonds is 1. The molecule has 2 aliphatic rings. The number of hydrogen-bond acceptors (Lipinski definition) is 1. The van der Waals surface area contributed by atoms with Crippen molar-refractivity contribution in [2.45, 2.75) is 57.8 Å². The van der Waals surface area contributed by atoms with Gasteiger partial charge in [-0.1, -0.05) is 44.9 Å². The molecule has 2 fully saturated rings. The Labute approximate surface area is 127 Å². The van der Waals surface area contributed by atoms with Crippen LogP contribution in [0.5, 0.6) is 0 Å². The average molecular weight is 300 g/mol. The normalized spacial score (nSPS) is 27.8. The Morgan fingerprint density at radius 3 is 1.80 bits per heavy atom. The Morgan fingerprint density at radius 1 is 0.850 bits per heavy atom. The highest BCUT2D eigenvalue weighted by molar-refractivity contribution is 8.32. The monoisotopic (exact) mass is 299 g/mol. The third kappa shape index (κ3) is 4.98. The molecule has 0 atom stereocenters. The minimum absolute atomic E-state index is 0.337. The van der Waals surface area contributed by atoms with E-state index in [1.165, 1.54) is 56.5 Å². The van der Waals surface area contributed by atoms with Gasteiger partial charge in [0.1, 0.15) is 0 Å². The van der Waals surface area contributed by atoms with E-state index in [4.69, 9.17) is 0 Å². The molecule has 118 valence electrons. The fraction of sp³-hybridized carbons (Fsp3) is 0.941. The number of carbonyl (C=O) groups is 1. The molecule has 20 heavy (non-hydrogen) atoms. The van der Waals surface area contributed by atoms with Crippen LogP contribution < -0.4 is 0 Å². The van der Waals surface area contributed by atoms with Gasteiger partial charge in [0.15, 0.2) is 0 Å². The quantitative estimate of drug-likeness (QED) is 0.716. The number of carbonyl (C=O) groups excluding carboxylic acids is 1. The highest BCUT2D eigenvalue weighted by Gasteiger charge is 2.28. The maximum atomic E-state index is 12.8. The zero-order chi connectivity index (χ0) is 14.4. The first-order valence-corrected chi connectivity index (χ1v) is 11.3. The summed E-state index contributed by atoms with van der Waals surface area (Å²) in [4.78, 5) is 15.0. The molecule has 1 aliphatic carbocycles. The van der Waals surface area contributed by atoms with Crippen LogP contribution in [0.15, 0.2) is 0 Å². The molecule has 0 spiro atoms. The second-order valence-corrected chi connectivity index (χ2v) is 11.6. The number of hydrogen-bond donors (Lipinski definition) is 0. The lowest BCUT2D eigenvalue weighted by Crippen LogP contribution is -2.44. The van der Waals surface area contributed by atoms with Crippen molar-refractivity contribution in [3.8, 4) is 0 Å². The molecule has 0 N–H and O–H groups in total. The zero-order valence-electron chi connectivity index (χ0n) is 13.5. The molecule has 0 unspecified atom stereocenters. The molecule has 2 nitrogen and oxygen atoms in total. The van der Waals surface area contributed by atoms with E-state index in [-0.39, 0.29) is 0 Å². The van der Waals surface area contributed by atoms with E-state index < -0.39 is 10.0 Å². The Hall–Kier alpha value is -0.180. The van der Waals surface area contributed by atoms with Gasteiger partial charge in [0.05, 0.1) is 0 Å². The molecule has 0 bridgehead atoms. The average Bonchev–Trinajstić information content (AvgIpc) is 2.44. The molecule has 1 amide bonds. The highest BCUT2D eigenvalue weighted by atomic mass is 32.3. The second kappa shape index (κ2) is 7.72. The van der Waals surface area contributed by atoms with Crippen molar-refractivity contribution in [2.24, 2.45) is 5.92 Å². The Morgan fingerprint density at radius 2 is 1.30 bits per heavy atom. The van der Waals surface area contributed by atoms with Crippen LogP contribution in [0.25, 0.3) is 0 Å². The SMILES string of the molecule is CS1(C)CCN(C(=O)C2CCCCCCCCC2)CC1. The summed E-state index contributed by atoms with van der Waals surface area (Å²) < 4.78 is 0. The summed E-state index contributed by atoms with van der Waals surface area (Å²) >= 11 is 0. The predicted molar refractivity (Wildman–Crippen MR) is 90.8 cm³/mol. The van der Waals surface area contributed by atoms with Crippen LogP contribution in [0.2, 0.25) is 0 Å². The van der Waals surface area contributed by atoms with Crippen molar-refractivity contribution >= 4 is 15.9 Å². The molecule has 0 radical (unpaired) electrons. The van der Waals surface area contributed by atoms with E-state index in [1.807, 2.05) is 0 Å². The van der Waals surface area contributed by atoms with Crippen molar-refractivity contribution < 1.29 is 4.79 Å². The fourth-order valence-corrected chi connectivity index (χ4v) is 5.10. The van der Waals surface area contributed by atoms with Gasteiger partial charge in [-0.15, -0.1) is 0 Å². The molecule has 2 rings (SSSR count). The van der Waals surface area contributed by atoms with Crippen LogP contribution >= 0.6 is 10.0 Å². The van der Waals surface area contributed by atoms with Crippen molar-refractivity contribution in [3.05, 3.63) is 0 Å². The van der Waals surface area contributed by atoms with Gasteiger partial charge in [-0.3, -0.25) is 4.79 Å². The molecule has 1 saturated heterocycles. The standard InChI is InChI=1S/C17H33NOS/c1-20(2)14-12-18(13-15-20)17(19)16-10-8-6-4-3-5-7-9-11-16/h16H,3-15H2,1-2H3. The van der Waals surface area contributed by atoms with Gasteiger partial charge < -0.3 is 4.90 Å². The first-order chi connectivity index (χ1) is 9.58. The summed E-state index contributed by atoms with van der Waals surface area (Å²) in [6.07, 6.45) is 16.5. The lowest BCUT2D eigenvalue weighted by Gasteiger charge is -2.42. The molecule has 1 aliphatic heterocycles. The van der Waals surface area contributed by atoms with Crippen molar-refractivity contribution in [2.75, 3.05) is 37.1 Å². The Bertz CT molecular complexity index is 296. The van der Waals surface area contributed by atoms with E-state index in [0.29, 0.717) is 11.8 Å². The molecular formula is C17H33NOS. The van der Waals surface area contributed by atoms with Crippen molar-refractivity contribution in [3.63, 3.8) is 0 Å². The lowest BCUT2D eigenvalue weighted by molar-refractivity contribution is -0.135. The molecule has 1 saturated carbocycles. The largest absolute Gasteiger partial charge is 0.341 e. The van der Waals surface area contributed by atoms with Gasteiger partial charge >= 0.3 is 0 Å². The lowest BCUT2D eigenvalue weighted by atomic mass is 9.91. The summed E-state index contributed by atoms with van der Waals surface area (Å²) in [5.41, 5.74) is 0. The molecular weight excluding hydrogens is 266 g/mol. The Kier molecular flexibility index (Phi) is 6.25. The molecule has 3 heteroatoms. The summed E-state index contributed by atoms with van der Waals surface area (Å²) in [7, 11) is -0.397. The minimum Gasteiger partial charge on any atom is -0.341 e. The van der Waals surface area contributed by atoms with E-state index in [1.54, 1.807) is 0 Å². The summed E-state index contributed by atoms with van der Waals surface area (Å²) in [6.45, 7) is 2.05. The van der Waals surface area contributed by atoms with Crippen LogP contribution in [0.4, 0.5) is 0 Å². The van der Waals surface area contributed by atoms with Crippen LogP contribution in [-0.4, -0.2) is 47.9 Å². The van der Waals surface area contributed by atoms with E-state index in [0.717, 1.165) is 25.9 Å². The molecule has 0 aromatic rings. The van der Waals surface area contributed by atoms with Gasteiger partial charge in [-0.05, 0) is 36.9 Å². The van der Waals surface area contributed by atoms with E-state index >= 15 is 0 Å². The molecule has 0 aromatic carbocycles. The smallest absolute Gasteiger partial charge is 0.225 e. The van der Waals surface area contributed by atoms with Gasteiger partial charge in [0.2, 0.25) is 5.91 Å². The predicted octanol–water partition coefficient (Wildman–Crippen LogP) is 4.03. The summed E-state index contributed by atoms with van der Waals surface area (Å²) in [5.74, 6) is 3.33. The summed E-state index contributed by atoms with van der Waals surface area (Å²) in [5, 5.41) is 0.